The van der Waals surface area contributed by atoms with Crippen LogP contribution in [0.25, 0.3) is 0 Å². The molecule has 0 amide bonds. The van der Waals surface area contributed by atoms with E-state index in [1.165, 1.54) is 5.06 Å². The van der Waals surface area contributed by atoms with E-state index in [1.54, 1.807) is 0 Å². The van der Waals surface area contributed by atoms with Gasteiger partial charge in [-0.2, -0.15) is 13.5 Å². The molecule has 0 radical (unpaired) electrons. The summed E-state index contributed by atoms with van der Waals surface area (Å²) < 4.78 is 26.6. The molecule has 1 aliphatic rings. The lowest BCUT2D eigenvalue weighted by Crippen LogP contribution is -2.48. The van der Waals surface area contributed by atoms with Crippen LogP contribution in [-0.2, 0) is 14.3 Å². The summed E-state index contributed by atoms with van der Waals surface area (Å²) in [5.74, 6) is 0. The van der Waals surface area contributed by atoms with Crippen LogP contribution in [0.3, 0.4) is 0 Å². The Bertz CT molecular complexity index is 409. The van der Waals surface area contributed by atoms with Crippen molar-refractivity contribution in [3.8, 4) is 0 Å². The quantitative estimate of drug-likeness (QED) is 0.600. The molecule has 0 bridgehead atoms. The highest BCUT2D eigenvalue weighted by Crippen LogP contribution is 2.38. The first-order valence-corrected chi connectivity index (χ1v) is 6.84. The fourth-order valence-corrected chi connectivity index (χ4v) is 2.25. The maximum Gasteiger partial charge on any atom is 0.264 e. The minimum atomic E-state index is -3.46. The fourth-order valence-electron chi connectivity index (χ4n) is 1.91. The van der Waals surface area contributed by atoms with E-state index in [4.69, 9.17) is 4.18 Å². The number of hydroxylamine groups is 2. The highest BCUT2D eigenvalue weighted by Gasteiger charge is 2.45. The Balaban J connectivity index is 2.89. The predicted molar refractivity (Wildman–Crippen MR) is 60.7 cm³/mol. The lowest BCUT2D eigenvalue weighted by Gasteiger charge is -2.36. The molecule has 5 nitrogen and oxygen atoms in total. The maximum atomic E-state index is 10.9. The molecule has 0 aromatic heterocycles. The minimum absolute atomic E-state index is 0.0215. The van der Waals surface area contributed by atoms with Crippen molar-refractivity contribution in [2.24, 2.45) is 0 Å². The molecule has 6 heteroatoms. The van der Waals surface area contributed by atoms with Crippen LogP contribution in [0.2, 0.25) is 0 Å². The first kappa shape index (κ1) is 13.6. The van der Waals surface area contributed by atoms with Crippen LogP contribution in [0.4, 0.5) is 0 Å². The topological polar surface area (TPSA) is 66.8 Å². The van der Waals surface area contributed by atoms with Gasteiger partial charge in [0.15, 0.2) is 0 Å². The molecule has 0 aliphatic carbocycles. The molecule has 0 saturated carbocycles. The van der Waals surface area contributed by atoms with Gasteiger partial charge in [-0.1, -0.05) is 6.08 Å². The minimum Gasteiger partial charge on any atom is -0.312 e. The van der Waals surface area contributed by atoms with Crippen molar-refractivity contribution in [2.45, 2.75) is 38.8 Å². The SMILES string of the molecule is CC1(C)C=C(COS(C)(=O)=O)C(C)(C)N1O. The highest BCUT2D eigenvalue weighted by atomic mass is 32.2. The lowest BCUT2D eigenvalue weighted by molar-refractivity contribution is -0.185. The number of hydrogen-bond donors (Lipinski definition) is 1. The van der Waals surface area contributed by atoms with Gasteiger partial charge in [-0.15, -0.1) is 0 Å². The molecular formula is C10H19NO4S. The van der Waals surface area contributed by atoms with Gasteiger partial charge in [0.05, 0.1) is 23.9 Å². The first-order valence-electron chi connectivity index (χ1n) is 5.03. The van der Waals surface area contributed by atoms with Gasteiger partial charge in [0.1, 0.15) is 0 Å². The largest absolute Gasteiger partial charge is 0.312 e. The van der Waals surface area contributed by atoms with Gasteiger partial charge in [0.2, 0.25) is 0 Å². The molecular weight excluding hydrogens is 230 g/mol. The summed E-state index contributed by atoms with van der Waals surface area (Å²) in [6.45, 7) is 7.31. The van der Waals surface area contributed by atoms with E-state index in [9.17, 15) is 13.6 Å². The third-order valence-electron chi connectivity index (χ3n) is 2.82. The van der Waals surface area contributed by atoms with E-state index >= 15 is 0 Å². The summed E-state index contributed by atoms with van der Waals surface area (Å²) in [5.41, 5.74) is -0.376. The van der Waals surface area contributed by atoms with Crippen molar-refractivity contribution in [3.63, 3.8) is 0 Å². The van der Waals surface area contributed by atoms with E-state index in [0.29, 0.717) is 0 Å². The summed E-state index contributed by atoms with van der Waals surface area (Å²) in [6, 6.07) is 0. The fraction of sp³-hybridized carbons (Fsp3) is 0.800. The van der Waals surface area contributed by atoms with Crippen molar-refractivity contribution >= 4 is 10.1 Å². The summed E-state index contributed by atoms with van der Waals surface area (Å²) in [4.78, 5) is 0. The second kappa shape index (κ2) is 3.80. The lowest BCUT2D eigenvalue weighted by atomic mass is 9.97. The average molecular weight is 249 g/mol. The number of hydrogen-bond acceptors (Lipinski definition) is 5. The zero-order valence-electron chi connectivity index (χ0n) is 10.3. The van der Waals surface area contributed by atoms with Crippen LogP contribution in [0, 0.1) is 0 Å². The molecule has 0 spiro atoms. The van der Waals surface area contributed by atoms with E-state index in [1.807, 2.05) is 33.8 Å². The third kappa shape index (κ3) is 2.63. The summed E-state index contributed by atoms with van der Waals surface area (Å²) in [7, 11) is -3.46. The maximum absolute atomic E-state index is 10.9. The molecule has 0 aromatic rings. The van der Waals surface area contributed by atoms with Gasteiger partial charge in [0, 0.05) is 0 Å². The first-order chi connectivity index (χ1) is 6.97. The molecule has 94 valence electrons. The van der Waals surface area contributed by atoms with E-state index in [2.05, 4.69) is 0 Å². The molecule has 0 fully saturated rings. The van der Waals surface area contributed by atoms with Gasteiger partial charge < -0.3 is 5.21 Å². The van der Waals surface area contributed by atoms with Gasteiger partial charge >= 0.3 is 0 Å². The molecule has 1 aliphatic heterocycles. The Morgan fingerprint density at radius 1 is 1.38 bits per heavy atom. The van der Waals surface area contributed by atoms with Crippen molar-refractivity contribution in [1.29, 1.82) is 0 Å². The second-order valence-electron chi connectivity index (χ2n) is 5.16. The van der Waals surface area contributed by atoms with E-state index < -0.39 is 21.2 Å². The standard InChI is InChI=1S/C10H19NO4S/c1-9(2)6-8(7-15-16(5,13)14)10(3,4)11(9)12/h6,12H,7H2,1-5H3. The molecule has 1 rings (SSSR count). The van der Waals surface area contributed by atoms with Gasteiger partial charge in [-0.25, -0.2) is 0 Å². The normalized spacial score (nSPS) is 24.5. The summed E-state index contributed by atoms with van der Waals surface area (Å²) in [6.07, 6.45) is 2.84. The van der Waals surface area contributed by atoms with E-state index in [0.717, 1.165) is 11.8 Å². The average Bonchev–Trinajstić information content (AvgIpc) is 2.22. The molecule has 1 N–H and O–H groups in total. The van der Waals surface area contributed by atoms with Crippen molar-refractivity contribution in [3.05, 3.63) is 11.6 Å². The Kier molecular flexibility index (Phi) is 3.24. The van der Waals surface area contributed by atoms with Crippen molar-refractivity contribution in [1.82, 2.24) is 5.06 Å². The van der Waals surface area contributed by atoms with E-state index in [-0.39, 0.29) is 6.61 Å². The van der Waals surface area contributed by atoms with Crippen LogP contribution in [-0.4, -0.2) is 42.6 Å². The van der Waals surface area contributed by atoms with Crippen molar-refractivity contribution in [2.75, 3.05) is 12.9 Å². The van der Waals surface area contributed by atoms with Gasteiger partial charge in [0.25, 0.3) is 10.1 Å². The second-order valence-corrected chi connectivity index (χ2v) is 6.80. The van der Waals surface area contributed by atoms with Crippen LogP contribution < -0.4 is 0 Å². The molecule has 16 heavy (non-hydrogen) atoms. The molecule has 0 saturated heterocycles. The predicted octanol–water partition coefficient (Wildman–Crippen LogP) is 1.15. The molecule has 0 atom stereocenters. The molecule has 0 aromatic carbocycles. The summed E-state index contributed by atoms with van der Waals surface area (Å²) >= 11 is 0. The van der Waals surface area contributed by atoms with Crippen LogP contribution >= 0.6 is 0 Å². The zero-order valence-corrected chi connectivity index (χ0v) is 11.1. The Labute approximate surface area is 96.8 Å². The monoisotopic (exact) mass is 249 g/mol. The Morgan fingerprint density at radius 2 is 1.88 bits per heavy atom. The molecule has 0 unspecified atom stereocenters. The third-order valence-corrected chi connectivity index (χ3v) is 3.36. The Morgan fingerprint density at radius 3 is 2.19 bits per heavy atom. The Hall–Kier alpha value is -0.430. The summed E-state index contributed by atoms with van der Waals surface area (Å²) in [5, 5.41) is 11.2. The van der Waals surface area contributed by atoms with Crippen LogP contribution in [0.15, 0.2) is 11.6 Å². The smallest absolute Gasteiger partial charge is 0.264 e. The van der Waals surface area contributed by atoms with Crippen molar-refractivity contribution < 1.29 is 17.8 Å². The molecule has 1 heterocycles. The van der Waals surface area contributed by atoms with Gasteiger partial charge in [-0.05, 0) is 33.3 Å². The number of nitrogens with zero attached hydrogens (tertiary/aromatic N) is 1. The van der Waals surface area contributed by atoms with Crippen LogP contribution in [0.1, 0.15) is 27.7 Å². The highest BCUT2D eigenvalue weighted by molar-refractivity contribution is 7.85. The van der Waals surface area contributed by atoms with Crippen LogP contribution in [0.5, 0.6) is 0 Å². The van der Waals surface area contributed by atoms with Gasteiger partial charge in [-0.3, -0.25) is 4.18 Å². The zero-order chi connectivity index (χ0) is 12.8. The number of rotatable bonds is 3.